The Bertz CT molecular complexity index is 929. The number of carbonyl (C=O) groups excluding carboxylic acids is 3. The number of aliphatic imine (C=N–C) groups is 2. The van der Waals surface area contributed by atoms with Crippen molar-refractivity contribution in [1.82, 2.24) is 20.4 Å². The summed E-state index contributed by atoms with van der Waals surface area (Å²) in [5.41, 5.74) is 10.5. The molecule has 4 aliphatic heterocycles. The third kappa shape index (κ3) is 3.16. The van der Waals surface area contributed by atoms with E-state index in [1.165, 1.54) is 4.90 Å². The Balaban J connectivity index is 1.44. The molecule has 33 heavy (non-hydrogen) atoms. The Hall–Kier alpha value is -2.93. The van der Waals surface area contributed by atoms with Crippen molar-refractivity contribution < 1.29 is 24.6 Å². The molecule has 2 saturated heterocycles. The van der Waals surface area contributed by atoms with Crippen molar-refractivity contribution >= 4 is 29.6 Å². The van der Waals surface area contributed by atoms with Gasteiger partial charge in [-0.3, -0.25) is 19.3 Å². The Labute approximate surface area is 190 Å². The Morgan fingerprint density at radius 3 is 2.45 bits per heavy atom. The Kier molecular flexibility index (Phi) is 5.01. The predicted molar refractivity (Wildman–Crippen MR) is 115 cm³/mol. The van der Waals surface area contributed by atoms with Gasteiger partial charge in [-0.25, -0.2) is 9.98 Å². The van der Waals surface area contributed by atoms with Crippen LogP contribution < -0.4 is 22.1 Å². The maximum atomic E-state index is 12.9. The fourth-order valence-electron chi connectivity index (χ4n) is 5.90. The highest BCUT2D eigenvalue weighted by Gasteiger charge is 2.73. The smallest absolute Gasteiger partial charge is 0.231 e. The third-order valence-electron chi connectivity index (χ3n) is 7.62. The number of hydrogen-bond acceptors (Lipinski definition) is 11. The van der Waals surface area contributed by atoms with Crippen LogP contribution in [0.1, 0.15) is 44.9 Å². The van der Waals surface area contributed by atoms with Crippen molar-refractivity contribution in [1.29, 1.82) is 0 Å². The molecule has 0 unspecified atom stereocenters. The normalized spacial score (nSPS) is 35.6. The van der Waals surface area contributed by atoms with Crippen LogP contribution in [0.25, 0.3) is 0 Å². The maximum absolute atomic E-state index is 12.9. The van der Waals surface area contributed by atoms with E-state index in [-0.39, 0.29) is 61.5 Å². The summed E-state index contributed by atoms with van der Waals surface area (Å²) in [6.07, 6.45) is 4.78. The summed E-state index contributed by atoms with van der Waals surface area (Å²) in [6, 6.07) is -2.89. The van der Waals surface area contributed by atoms with Crippen LogP contribution in [0.4, 0.5) is 0 Å². The van der Waals surface area contributed by atoms with E-state index in [0.29, 0.717) is 0 Å². The molecule has 8 N–H and O–H groups in total. The zero-order valence-corrected chi connectivity index (χ0v) is 18.2. The number of nitrogens with zero attached hydrogens (tertiary/aromatic N) is 4. The van der Waals surface area contributed by atoms with E-state index < -0.39 is 29.6 Å². The predicted octanol–water partition coefficient (Wildman–Crippen LogP) is -3.12. The molecule has 5 aliphatic rings. The van der Waals surface area contributed by atoms with Crippen LogP contribution >= 0.6 is 0 Å². The van der Waals surface area contributed by atoms with Crippen LogP contribution in [0, 0.1) is 5.92 Å². The largest absolute Gasteiger partial charge is 0.370 e. The second-order valence-corrected chi connectivity index (χ2v) is 9.54. The molecular formula is C20H30N8O5. The van der Waals surface area contributed by atoms with Crippen molar-refractivity contribution in [2.24, 2.45) is 27.4 Å². The molecule has 1 spiro atoms. The van der Waals surface area contributed by atoms with E-state index >= 15 is 0 Å². The van der Waals surface area contributed by atoms with E-state index in [9.17, 15) is 24.6 Å². The van der Waals surface area contributed by atoms with Crippen molar-refractivity contribution in [3.8, 4) is 0 Å². The van der Waals surface area contributed by atoms with Gasteiger partial charge in [-0.2, -0.15) is 0 Å². The first kappa shape index (κ1) is 21.9. The number of nitrogens with two attached hydrogens (primary N) is 2. The number of amides is 3. The van der Waals surface area contributed by atoms with Gasteiger partial charge < -0.3 is 37.2 Å². The van der Waals surface area contributed by atoms with Gasteiger partial charge in [0.2, 0.25) is 23.5 Å². The van der Waals surface area contributed by atoms with E-state index in [4.69, 9.17) is 11.5 Å². The van der Waals surface area contributed by atoms with Gasteiger partial charge in [-0.15, -0.1) is 0 Å². The minimum Gasteiger partial charge on any atom is -0.370 e. The highest BCUT2D eigenvalue weighted by molar-refractivity contribution is 6.02. The lowest BCUT2D eigenvalue weighted by atomic mass is 9.84. The first-order valence-electron chi connectivity index (χ1n) is 11.5. The van der Waals surface area contributed by atoms with Crippen molar-refractivity contribution in [3.63, 3.8) is 0 Å². The minimum atomic E-state index is -2.52. The van der Waals surface area contributed by atoms with Crippen LogP contribution in [-0.2, 0) is 14.4 Å². The molecule has 13 nitrogen and oxygen atoms in total. The van der Waals surface area contributed by atoms with Gasteiger partial charge in [0.25, 0.3) is 0 Å². The zero-order chi connectivity index (χ0) is 23.5. The van der Waals surface area contributed by atoms with Gasteiger partial charge in [-0.05, 0) is 12.8 Å². The number of hydrogen-bond donors (Lipinski definition) is 6. The van der Waals surface area contributed by atoms with Crippen molar-refractivity contribution in [2.45, 2.75) is 74.5 Å². The van der Waals surface area contributed by atoms with Crippen molar-refractivity contribution in [3.05, 3.63) is 0 Å². The molecule has 0 bridgehead atoms. The number of likely N-dealkylation sites (tertiary alicyclic amines) is 1. The van der Waals surface area contributed by atoms with Gasteiger partial charge in [0.15, 0.2) is 17.6 Å². The first-order chi connectivity index (χ1) is 15.6. The van der Waals surface area contributed by atoms with E-state index in [0.717, 1.165) is 37.0 Å². The molecule has 5 rings (SSSR count). The highest BCUT2D eigenvalue weighted by atomic mass is 16.5. The fourth-order valence-corrected chi connectivity index (χ4v) is 5.90. The molecule has 3 amide bonds. The number of aliphatic hydroxyl groups is 2. The molecule has 0 aromatic rings. The number of nitrogens with one attached hydrogen (secondary N) is 2. The zero-order valence-electron chi connectivity index (χ0n) is 18.2. The van der Waals surface area contributed by atoms with Gasteiger partial charge >= 0.3 is 0 Å². The van der Waals surface area contributed by atoms with Gasteiger partial charge in [0, 0.05) is 25.3 Å². The fraction of sp³-hybridized carbons (Fsp3) is 0.750. The van der Waals surface area contributed by atoms with Crippen LogP contribution in [0.5, 0.6) is 0 Å². The SMILES string of the molecule is NC1=N[C@H]2[C@H](CN3C(=O)CCC3=O)N=C(N)N3C[C@H](NC(=O)C4CCCCC4)C(O)(O)[C@]23N1. The molecule has 13 heteroatoms. The van der Waals surface area contributed by atoms with Crippen LogP contribution in [0.3, 0.4) is 0 Å². The van der Waals surface area contributed by atoms with Gasteiger partial charge in [0.1, 0.15) is 12.1 Å². The third-order valence-corrected chi connectivity index (χ3v) is 7.62. The van der Waals surface area contributed by atoms with E-state index in [2.05, 4.69) is 20.6 Å². The number of rotatable bonds is 4. The lowest BCUT2D eigenvalue weighted by Gasteiger charge is -2.49. The Morgan fingerprint density at radius 2 is 1.79 bits per heavy atom. The second-order valence-electron chi connectivity index (χ2n) is 9.54. The lowest BCUT2D eigenvalue weighted by molar-refractivity contribution is -0.232. The minimum absolute atomic E-state index is 0.0189. The molecule has 180 valence electrons. The molecule has 4 atom stereocenters. The number of guanidine groups is 2. The van der Waals surface area contributed by atoms with Crippen LogP contribution in [-0.4, -0.2) is 92.3 Å². The van der Waals surface area contributed by atoms with Crippen LogP contribution in [0.2, 0.25) is 0 Å². The summed E-state index contributed by atoms with van der Waals surface area (Å²) in [6.45, 7) is -0.131. The first-order valence-corrected chi connectivity index (χ1v) is 11.5. The van der Waals surface area contributed by atoms with Gasteiger partial charge in [-0.1, -0.05) is 19.3 Å². The summed E-state index contributed by atoms with van der Waals surface area (Å²) in [5.74, 6) is -3.64. The summed E-state index contributed by atoms with van der Waals surface area (Å²) in [7, 11) is 0. The molecule has 0 radical (unpaired) electrons. The highest BCUT2D eigenvalue weighted by Crippen LogP contribution is 2.45. The average Bonchev–Trinajstić information content (AvgIpc) is 3.37. The molecule has 1 aliphatic carbocycles. The summed E-state index contributed by atoms with van der Waals surface area (Å²) < 4.78 is 0. The molecule has 0 aromatic carbocycles. The maximum Gasteiger partial charge on any atom is 0.231 e. The van der Waals surface area contributed by atoms with E-state index in [1.807, 2.05) is 0 Å². The standard InChI is InChI=1S/C20H30N8O5/c21-17-25-15-11(8-27-13(29)6-7-14(27)30)23-18(22)28-9-12(20(32,33)19(15,28)26-17)24-16(31)10-4-2-1-3-5-10/h10-12,15,32-33H,1-9H2,(H2,22,23)(H,24,31)(H3,21,25,26)/t11-,12-,15-,19-/m0/s1. The summed E-state index contributed by atoms with van der Waals surface area (Å²) >= 11 is 0. The monoisotopic (exact) mass is 462 g/mol. The number of carbonyl (C=O) groups is 3. The van der Waals surface area contributed by atoms with Crippen LogP contribution in [0.15, 0.2) is 9.98 Å². The summed E-state index contributed by atoms with van der Waals surface area (Å²) in [4.78, 5) is 48.6. The molecule has 0 aromatic heterocycles. The molecule has 3 fully saturated rings. The average molecular weight is 463 g/mol. The molecule has 4 heterocycles. The second kappa shape index (κ2) is 7.55. The quantitative estimate of drug-likeness (QED) is 0.185. The topological polar surface area (TPSA) is 199 Å². The Morgan fingerprint density at radius 1 is 1.12 bits per heavy atom. The molecule has 1 saturated carbocycles. The van der Waals surface area contributed by atoms with E-state index in [1.54, 1.807) is 0 Å². The van der Waals surface area contributed by atoms with Crippen molar-refractivity contribution in [2.75, 3.05) is 13.1 Å². The lowest BCUT2D eigenvalue weighted by Crippen LogP contribution is -2.78. The summed E-state index contributed by atoms with van der Waals surface area (Å²) in [5, 5.41) is 28.5. The molecular weight excluding hydrogens is 432 g/mol. The van der Waals surface area contributed by atoms with Gasteiger partial charge in [0.05, 0.1) is 12.6 Å². The number of imide groups is 1.